The quantitative estimate of drug-likeness (QED) is 0.439. The summed E-state index contributed by atoms with van der Waals surface area (Å²) in [7, 11) is 0. The average molecular weight is 332 g/mol. The third-order valence-corrected chi connectivity index (χ3v) is 3.33. The fourth-order valence-corrected chi connectivity index (χ4v) is 1.98. The van der Waals surface area contributed by atoms with Crippen molar-refractivity contribution in [3.63, 3.8) is 0 Å². The van der Waals surface area contributed by atoms with Crippen molar-refractivity contribution in [1.82, 2.24) is 15.3 Å². The molecule has 0 bridgehead atoms. The Labute approximate surface area is 123 Å². The molecule has 0 aliphatic rings. The van der Waals surface area contributed by atoms with E-state index in [2.05, 4.69) is 41.8 Å². The van der Waals surface area contributed by atoms with E-state index in [0.29, 0.717) is 5.82 Å². The maximum atomic E-state index is 4.33. The molecule has 2 N–H and O–H groups in total. The Morgan fingerprint density at radius 2 is 2.05 bits per heavy atom. The highest BCUT2D eigenvalue weighted by atomic mass is 79.9. The minimum absolute atomic E-state index is 0.653. The summed E-state index contributed by atoms with van der Waals surface area (Å²) in [6.45, 7) is 1.94. The first-order chi connectivity index (χ1) is 9.72. The van der Waals surface area contributed by atoms with Gasteiger partial charge in [0, 0.05) is 15.6 Å². The number of anilines is 1. The number of nitrogens with one attached hydrogen (secondary N) is 2. The Bertz CT molecular complexity index is 762. The molecule has 0 atom stereocenters. The molecule has 0 aliphatic heterocycles. The molecule has 0 unspecified atom stereocenters. The average Bonchev–Trinajstić information content (AvgIpc) is 2.93. The lowest BCUT2D eigenvalue weighted by Crippen LogP contribution is -2.24. The highest BCUT2D eigenvalue weighted by Crippen LogP contribution is 2.11. The maximum Gasteiger partial charge on any atom is 0.325 e. The first-order valence-corrected chi connectivity index (χ1v) is 6.80. The molecule has 1 aromatic carbocycles. The topological polar surface area (TPSA) is 70.1 Å². The lowest BCUT2D eigenvalue weighted by molar-refractivity contribution is -0.579. The lowest BCUT2D eigenvalue weighted by atomic mass is 10.1. The van der Waals surface area contributed by atoms with Crippen molar-refractivity contribution in [3.05, 3.63) is 52.8 Å². The molecule has 0 saturated heterocycles. The summed E-state index contributed by atoms with van der Waals surface area (Å²) in [5.41, 5.74) is 5.64. The monoisotopic (exact) mass is 331 g/mol. The Balaban J connectivity index is 1.80. The molecule has 0 saturated carbocycles. The number of hydrogen-bond donors (Lipinski definition) is 2. The Kier molecular flexibility index (Phi) is 3.42. The van der Waals surface area contributed by atoms with Gasteiger partial charge < -0.3 is 0 Å². The van der Waals surface area contributed by atoms with E-state index in [-0.39, 0.29) is 0 Å². The van der Waals surface area contributed by atoms with E-state index in [1.807, 2.05) is 43.3 Å². The van der Waals surface area contributed by atoms with Crippen molar-refractivity contribution < 1.29 is 4.52 Å². The van der Waals surface area contributed by atoms with Gasteiger partial charge in [-0.05, 0) is 30.7 Å². The van der Waals surface area contributed by atoms with Gasteiger partial charge in [-0.3, -0.25) is 5.43 Å². The van der Waals surface area contributed by atoms with Crippen molar-refractivity contribution in [3.8, 4) is 0 Å². The number of rotatable bonds is 3. The van der Waals surface area contributed by atoms with Gasteiger partial charge in [0.2, 0.25) is 6.33 Å². The van der Waals surface area contributed by atoms with Gasteiger partial charge in [-0.25, -0.2) is 0 Å². The van der Waals surface area contributed by atoms with Gasteiger partial charge >= 0.3 is 5.65 Å². The second kappa shape index (κ2) is 5.38. The molecular weight excluding hydrogens is 320 g/mol. The lowest BCUT2D eigenvalue weighted by Gasteiger charge is -2.02. The molecule has 0 aliphatic carbocycles. The first kappa shape index (κ1) is 12.7. The number of hydrogen-bond acceptors (Lipinski definition) is 4. The zero-order valence-corrected chi connectivity index (χ0v) is 12.3. The second-order valence-electron chi connectivity index (χ2n) is 4.21. The van der Waals surface area contributed by atoms with Crippen molar-refractivity contribution >= 4 is 33.1 Å². The number of halogens is 1. The number of nitrogens with zero attached hydrogens (tertiary/aromatic N) is 4. The smallest absolute Gasteiger partial charge is 0.259 e. The van der Waals surface area contributed by atoms with Crippen molar-refractivity contribution in [2.24, 2.45) is 5.10 Å². The highest BCUT2D eigenvalue weighted by Gasteiger charge is 2.05. The molecule has 3 aromatic rings. The standard InChI is InChI=1S/C13H11BrN6/c1-9(10-2-4-11(14)5-3-10)16-17-12-6-7-13-18-15-8-20(13)19-12/h2-8H,1H3,(H,17,19)/p+1. The highest BCUT2D eigenvalue weighted by molar-refractivity contribution is 9.10. The molecule has 100 valence electrons. The van der Waals surface area contributed by atoms with Crippen LogP contribution in [0.1, 0.15) is 12.5 Å². The Hall–Kier alpha value is -2.28. The molecule has 0 spiro atoms. The fraction of sp³-hybridized carbons (Fsp3) is 0.0769. The Morgan fingerprint density at radius 1 is 1.25 bits per heavy atom. The number of H-pyrrole nitrogens is 1. The summed E-state index contributed by atoms with van der Waals surface area (Å²) in [5, 5.41) is 15.4. The summed E-state index contributed by atoms with van der Waals surface area (Å²) >= 11 is 3.41. The molecule has 0 radical (unpaired) electrons. The fourth-order valence-electron chi connectivity index (χ4n) is 1.72. The van der Waals surface area contributed by atoms with Gasteiger partial charge in [-0.2, -0.15) is 5.10 Å². The van der Waals surface area contributed by atoms with Crippen LogP contribution in [0.5, 0.6) is 0 Å². The zero-order valence-electron chi connectivity index (χ0n) is 10.7. The maximum absolute atomic E-state index is 4.33. The minimum atomic E-state index is 0.653. The molecule has 2 aromatic heterocycles. The predicted octanol–water partition coefficient (Wildman–Crippen LogP) is 2.14. The van der Waals surface area contributed by atoms with E-state index in [9.17, 15) is 0 Å². The molecule has 20 heavy (non-hydrogen) atoms. The van der Waals surface area contributed by atoms with E-state index in [0.717, 1.165) is 21.4 Å². The van der Waals surface area contributed by atoms with Gasteiger partial charge in [0.25, 0.3) is 0 Å². The van der Waals surface area contributed by atoms with E-state index < -0.39 is 0 Å². The SMILES string of the molecule is CC(=NNc1ccc2n[nH]c[n+]2n1)c1ccc(Br)cc1. The molecule has 0 fully saturated rings. The second-order valence-corrected chi connectivity index (χ2v) is 5.12. The van der Waals surface area contributed by atoms with Gasteiger partial charge in [-0.1, -0.05) is 33.2 Å². The van der Waals surface area contributed by atoms with Crippen LogP contribution in [-0.2, 0) is 0 Å². The van der Waals surface area contributed by atoms with Crippen LogP contribution in [0, 0.1) is 0 Å². The van der Waals surface area contributed by atoms with Crippen molar-refractivity contribution in [2.75, 3.05) is 5.43 Å². The molecule has 6 nitrogen and oxygen atoms in total. The molecule has 3 rings (SSSR count). The van der Waals surface area contributed by atoms with Gasteiger partial charge in [0.15, 0.2) is 5.82 Å². The zero-order chi connectivity index (χ0) is 13.9. The third kappa shape index (κ3) is 2.67. The van der Waals surface area contributed by atoms with E-state index in [1.54, 1.807) is 10.8 Å². The van der Waals surface area contributed by atoms with E-state index in [1.165, 1.54) is 0 Å². The van der Waals surface area contributed by atoms with Crippen LogP contribution in [0.25, 0.3) is 5.65 Å². The first-order valence-electron chi connectivity index (χ1n) is 6.01. The van der Waals surface area contributed by atoms with Crippen LogP contribution in [-0.4, -0.2) is 21.0 Å². The molecular formula is C13H12BrN6+. The summed E-state index contributed by atoms with van der Waals surface area (Å²) < 4.78 is 2.69. The summed E-state index contributed by atoms with van der Waals surface area (Å²) in [5.74, 6) is 0.653. The largest absolute Gasteiger partial charge is 0.325 e. The van der Waals surface area contributed by atoms with Crippen LogP contribution in [0.4, 0.5) is 5.82 Å². The Morgan fingerprint density at radius 3 is 2.85 bits per heavy atom. The van der Waals surface area contributed by atoms with Gasteiger partial charge in [0.05, 0.1) is 5.71 Å². The molecule has 0 amide bonds. The number of aromatic nitrogens is 4. The van der Waals surface area contributed by atoms with Crippen LogP contribution < -0.4 is 9.94 Å². The predicted molar refractivity (Wildman–Crippen MR) is 79.5 cm³/mol. The summed E-state index contributed by atoms with van der Waals surface area (Å²) in [4.78, 5) is 0. The summed E-state index contributed by atoms with van der Waals surface area (Å²) in [6, 6.07) is 11.7. The normalized spacial score (nSPS) is 11.8. The summed E-state index contributed by atoms with van der Waals surface area (Å²) in [6.07, 6.45) is 1.67. The van der Waals surface area contributed by atoms with Crippen LogP contribution in [0.2, 0.25) is 0 Å². The van der Waals surface area contributed by atoms with Crippen LogP contribution in [0.3, 0.4) is 0 Å². The number of fused-ring (bicyclic) bond motifs is 1. The van der Waals surface area contributed by atoms with E-state index in [4.69, 9.17) is 0 Å². The molecule has 2 heterocycles. The number of hydrazone groups is 1. The van der Waals surface area contributed by atoms with Crippen LogP contribution in [0.15, 0.2) is 52.3 Å². The van der Waals surface area contributed by atoms with Crippen molar-refractivity contribution in [1.29, 1.82) is 0 Å². The minimum Gasteiger partial charge on any atom is -0.259 e. The van der Waals surface area contributed by atoms with Crippen molar-refractivity contribution in [2.45, 2.75) is 6.92 Å². The van der Waals surface area contributed by atoms with Gasteiger partial charge in [-0.15, -0.1) is 9.61 Å². The number of benzene rings is 1. The number of aromatic amines is 1. The van der Waals surface area contributed by atoms with E-state index >= 15 is 0 Å². The third-order valence-electron chi connectivity index (χ3n) is 2.80. The molecule has 7 heteroatoms. The van der Waals surface area contributed by atoms with Gasteiger partial charge in [0.1, 0.15) is 0 Å². The van der Waals surface area contributed by atoms with Crippen LogP contribution >= 0.6 is 15.9 Å².